The van der Waals surface area contributed by atoms with Crippen LogP contribution in [-0.2, 0) is 6.54 Å². The van der Waals surface area contributed by atoms with Gasteiger partial charge in [-0.3, -0.25) is 4.90 Å². The van der Waals surface area contributed by atoms with Crippen molar-refractivity contribution in [3.8, 4) is 0 Å². The molecule has 1 aromatic heterocycles. The summed E-state index contributed by atoms with van der Waals surface area (Å²) in [4.78, 5) is 2.42. The molecule has 0 saturated carbocycles. The second kappa shape index (κ2) is 5.14. The van der Waals surface area contributed by atoms with E-state index < -0.39 is 0 Å². The van der Waals surface area contributed by atoms with Gasteiger partial charge in [-0.05, 0) is 53.8 Å². The van der Waals surface area contributed by atoms with E-state index in [2.05, 4.69) is 20.8 Å². The first-order chi connectivity index (χ1) is 7.29. The summed E-state index contributed by atoms with van der Waals surface area (Å²) in [6.45, 7) is 3.95. The van der Waals surface area contributed by atoms with Gasteiger partial charge in [0.1, 0.15) is 5.76 Å². The van der Waals surface area contributed by atoms with Crippen LogP contribution in [0.1, 0.15) is 18.6 Å². The molecule has 84 valence electrons. The van der Waals surface area contributed by atoms with E-state index in [1.807, 2.05) is 6.07 Å². The molecule has 0 aliphatic carbocycles. The van der Waals surface area contributed by atoms with E-state index in [0.29, 0.717) is 5.92 Å². The third-order valence-corrected chi connectivity index (χ3v) is 3.70. The number of nitrogens with two attached hydrogens (primary N) is 1. The van der Waals surface area contributed by atoms with E-state index in [4.69, 9.17) is 10.2 Å². The minimum Gasteiger partial charge on any atom is -0.467 e. The SMILES string of the molecule is NCC1CCCN(Cc2occc2Br)C1. The molecule has 0 radical (unpaired) electrons. The Kier molecular flexibility index (Phi) is 3.83. The second-order valence-corrected chi connectivity index (χ2v) is 5.03. The molecule has 1 fully saturated rings. The summed E-state index contributed by atoms with van der Waals surface area (Å²) in [5.41, 5.74) is 5.71. The topological polar surface area (TPSA) is 42.4 Å². The third-order valence-electron chi connectivity index (χ3n) is 2.99. The Balaban J connectivity index is 1.92. The molecule has 1 aliphatic heterocycles. The minimum absolute atomic E-state index is 0.660. The van der Waals surface area contributed by atoms with Gasteiger partial charge < -0.3 is 10.2 Å². The Bertz CT molecular complexity index is 313. The van der Waals surface area contributed by atoms with Crippen LogP contribution < -0.4 is 5.73 Å². The van der Waals surface area contributed by atoms with Crippen molar-refractivity contribution >= 4 is 15.9 Å². The fourth-order valence-electron chi connectivity index (χ4n) is 2.13. The van der Waals surface area contributed by atoms with Gasteiger partial charge in [-0.15, -0.1) is 0 Å². The third kappa shape index (κ3) is 2.83. The van der Waals surface area contributed by atoms with Crippen molar-refractivity contribution in [2.45, 2.75) is 19.4 Å². The number of furan rings is 1. The Labute approximate surface area is 98.7 Å². The first kappa shape index (κ1) is 11.2. The Morgan fingerprint density at radius 1 is 1.60 bits per heavy atom. The lowest BCUT2D eigenvalue weighted by Crippen LogP contribution is -2.37. The molecule has 4 heteroatoms. The molecule has 1 atom stereocenters. The van der Waals surface area contributed by atoms with Gasteiger partial charge in [0.25, 0.3) is 0 Å². The number of rotatable bonds is 3. The lowest BCUT2D eigenvalue weighted by Gasteiger charge is -2.31. The molecule has 2 heterocycles. The molecule has 0 amide bonds. The summed E-state index contributed by atoms with van der Waals surface area (Å²) in [5, 5.41) is 0. The molecular weight excluding hydrogens is 256 g/mol. The van der Waals surface area contributed by atoms with Gasteiger partial charge in [-0.25, -0.2) is 0 Å². The average molecular weight is 273 g/mol. The van der Waals surface area contributed by atoms with Crippen molar-refractivity contribution in [1.29, 1.82) is 0 Å². The second-order valence-electron chi connectivity index (χ2n) is 4.17. The van der Waals surface area contributed by atoms with Crippen LogP contribution in [0.15, 0.2) is 21.2 Å². The van der Waals surface area contributed by atoms with E-state index in [9.17, 15) is 0 Å². The summed E-state index contributed by atoms with van der Waals surface area (Å²) in [6, 6.07) is 1.94. The van der Waals surface area contributed by atoms with Crippen LogP contribution >= 0.6 is 15.9 Å². The number of hydrogen-bond acceptors (Lipinski definition) is 3. The molecule has 1 unspecified atom stereocenters. The monoisotopic (exact) mass is 272 g/mol. The maximum absolute atomic E-state index is 5.71. The summed E-state index contributed by atoms with van der Waals surface area (Å²) in [6.07, 6.45) is 4.25. The Morgan fingerprint density at radius 2 is 2.47 bits per heavy atom. The Hall–Kier alpha value is -0.320. The molecule has 2 N–H and O–H groups in total. The van der Waals surface area contributed by atoms with Crippen LogP contribution in [-0.4, -0.2) is 24.5 Å². The van der Waals surface area contributed by atoms with Crippen molar-refractivity contribution in [1.82, 2.24) is 4.90 Å². The first-order valence-corrected chi connectivity index (χ1v) is 6.23. The van der Waals surface area contributed by atoms with Crippen molar-refractivity contribution in [2.24, 2.45) is 11.7 Å². The highest BCUT2D eigenvalue weighted by Gasteiger charge is 2.20. The largest absolute Gasteiger partial charge is 0.467 e. The molecule has 0 bridgehead atoms. The highest BCUT2D eigenvalue weighted by Crippen LogP contribution is 2.22. The highest BCUT2D eigenvalue weighted by molar-refractivity contribution is 9.10. The zero-order chi connectivity index (χ0) is 10.7. The van der Waals surface area contributed by atoms with Crippen LogP contribution in [0.5, 0.6) is 0 Å². The molecule has 0 spiro atoms. The number of nitrogens with zero attached hydrogens (tertiary/aromatic N) is 1. The fraction of sp³-hybridized carbons (Fsp3) is 0.636. The van der Waals surface area contributed by atoms with Crippen molar-refractivity contribution in [2.75, 3.05) is 19.6 Å². The quantitative estimate of drug-likeness (QED) is 0.918. The summed E-state index contributed by atoms with van der Waals surface area (Å²) in [5.74, 6) is 1.68. The van der Waals surface area contributed by atoms with Gasteiger partial charge in [0.05, 0.1) is 17.3 Å². The van der Waals surface area contributed by atoms with E-state index in [0.717, 1.165) is 36.4 Å². The van der Waals surface area contributed by atoms with Gasteiger partial charge in [-0.1, -0.05) is 0 Å². The lowest BCUT2D eigenvalue weighted by molar-refractivity contribution is 0.160. The summed E-state index contributed by atoms with van der Waals surface area (Å²) in [7, 11) is 0. The minimum atomic E-state index is 0.660. The molecule has 3 nitrogen and oxygen atoms in total. The maximum Gasteiger partial charge on any atom is 0.131 e. The van der Waals surface area contributed by atoms with Crippen LogP contribution in [0.2, 0.25) is 0 Å². The van der Waals surface area contributed by atoms with Crippen LogP contribution in [0.4, 0.5) is 0 Å². The highest BCUT2D eigenvalue weighted by atomic mass is 79.9. The van der Waals surface area contributed by atoms with E-state index >= 15 is 0 Å². The van der Waals surface area contributed by atoms with Crippen molar-refractivity contribution < 1.29 is 4.42 Å². The van der Waals surface area contributed by atoms with Crippen molar-refractivity contribution in [3.05, 3.63) is 22.6 Å². The van der Waals surface area contributed by atoms with Crippen LogP contribution in [0, 0.1) is 5.92 Å². The van der Waals surface area contributed by atoms with Gasteiger partial charge in [0.15, 0.2) is 0 Å². The van der Waals surface area contributed by atoms with Gasteiger partial charge in [0, 0.05) is 6.54 Å². The van der Waals surface area contributed by atoms with Gasteiger partial charge in [0.2, 0.25) is 0 Å². The number of likely N-dealkylation sites (tertiary alicyclic amines) is 1. The molecule has 15 heavy (non-hydrogen) atoms. The van der Waals surface area contributed by atoms with Gasteiger partial charge in [-0.2, -0.15) is 0 Å². The smallest absolute Gasteiger partial charge is 0.131 e. The zero-order valence-corrected chi connectivity index (χ0v) is 10.4. The average Bonchev–Trinajstić information content (AvgIpc) is 2.65. The van der Waals surface area contributed by atoms with Crippen molar-refractivity contribution in [3.63, 3.8) is 0 Å². The predicted molar refractivity (Wildman–Crippen MR) is 63.5 cm³/mol. The first-order valence-electron chi connectivity index (χ1n) is 5.44. The van der Waals surface area contributed by atoms with E-state index in [1.165, 1.54) is 12.8 Å². The van der Waals surface area contributed by atoms with E-state index in [-0.39, 0.29) is 0 Å². The fourth-order valence-corrected chi connectivity index (χ4v) is 2.46. The lowest BCUT2D eigenvalue weighted by atomic mass is 9.98. The van der Waals surface area contributed by atoms with Crippen LogP contribution in [0.25, 0.3) is 0 Å². The summed E-state index contributed by atoms with van der Waals surface area (Å²) >= 11 is 3.48. The summed E-state index contributed by atoms with van der Waals surface area (Å²) < 4.78 is 6.48. The molecule has 1 aromatic rings. The zero-order valence-electron chi connectivity index (χ0n) is 8.79. The maximum atomic E-state index is 5.71. The molecule has 1 aliphatic rings. The molecule has 0 aromatic carbocycles. The predicted octanol–water partition coefficient (Wildman–Crippen LogP) is 2.21. The van der Waals surface area contributed by atoms with E-state index in [1.54, 1.807) is 6.26 Å². The standard InChI is InChI=1S/C11H17BrN2O/c12-10-3-5-15-11(10)8-14-4-1-2-9(6-13)7-14/h3,5,9H,1-2,4,6-8,13H2. The Morgan fingerprint density at radius 3 is 3.13 bits per heavy atom. The normalized spacial score (nSPS) is 23.2. The number of hydrogen-bond donors (Lipinski definition) is 1. The number of halogens is 1. The molecule has 2 rings (SSSR count). The number of piperidine rings is 1. The van der Waals surface area contributed by atoms with Gasteiger partial charge >= 0.3 is 0 Å². The van der Waals surface area contributed by atoms with Crippen LogP contribution in [0.3, 0.4) is 0 Å². The molecular formula is C11H17BrN2O. The molecule has 1 saturated heterocycles.